The molecule has 1 aliphatic heterocycles. The van der Waals surface area contributed by atoms with Crippen LogP contribution in [0, 0.1) is 6.92 Å². The lowest BCUT2D eigenvalue weighted by atomic mass is 10.1. The lowest BCUT2D eigenvalue weighted by Crippen LogP contribution is -2.44. The van der Waals surface area contributed by atoms with Crippen LogP contribution in [0.5, 0.6) is 11.5 Å². The van der Waals surface area contributed by atoms with Crippen LogP contribution in [-0.2, 0) is 6.54 Å². The summed E-state index contributed by atoms with van der Waals surface area (Å²) >= 11 is 0. The van der Waals surface area contributed by atoms with E-state index in [2.05, 4.69) is 35.9 Å². The molecule has 2 heterocycles. The molecule has 0 saturated heterocycles. The van der Waals surface area contributed by atoms with Gasteiger partial charge in [-0.05, 0) is 37.6 Å². The van der Waals surface area contributed by atoms with Gasteiger partial charge in [0.05, 0.1) is 25.9 Å². The molecule has 0 saturated carbocycles. The van der Waals surface area contributed by atoms with Crippen LogP contribution < -0.4 is 14.8 Å². The molecule has 134 valence electrons. The third-order valence-corrected chi connectivity index (χ3v) is 4.81. The quantitative estimate of drug-likeness (QED) is 0.918. The molecule has 2 aromatic rings. The van der Waals surface area contributed by atoms with Gasteiger partial charge in [0.15, 0.2) is 0 Å². The molecule has 2 amide bonds. The Kier molecular flexibility index (Phi) is 4.88. The van der Waals surface area contributed by atoms with E-state index in [1.807, 2.05) is 4.90 Å². The number of fused-ring (bicyclic) bond motifs is 1. The van der Waals surface area contributed by atoms with Crippen LogP contribution in [0.4, 0.5) is 10.5 Å². The van der Waals surface area contributed by atoms with Crippen molar-refractivity contribution in [2.75, 3.05) is 26.1 Å². The van der Waals surface area contributed by atoms with Gasteiger partial charge in [-0.25, -0.2) is 4.79 Å². The Labute approximate surface area is 148 Å². The van der Waals surface area contributed by atoms with Gasteiger partial charge in [-0.1, -0.05) is 6.92 Å². The van der Waals surface area contributed by atoms with Gasteiger partial charge in [0.25, 0.3) is 0 Å². The fourth-order valence-electron chi connectivity index (χ4n) is 3.47. The summed E-state index contributed by atoms with van der Waals surface area (Å²) in [5, 5.41) is 2.98. The standard InChI is InChI=1S/C19H25N3O3/c1-5-16-17-9-6-13(2)21(17)10-11-22(16)19(23)20-15-8-7-14(24-3)12-18(15)25-4/h6-9,12,16H,5,10-11H2,1-4H3,(H,20,23)/t16-/m1/s1. The van der Waals surface area contributed by atoms with E-state index < -0.39 is 0 Å². The average molecular weight is 343 g/mol. The van der Waals surface area contributed by atoms with Crippen LogP contribution in [0.15, 0.2) is 30.3 Å². The van der Waals surface area contributed by atoms with Gasteiger partial charge in [0, 0.05) is 30.5 Å². The number of hydrogen-bond acceptors (Lipinski definition) is 3. The van der Waals surface area contributed by atoms with Crippen molar-refractivity contribution in [1.29, 1.82) is 0 Å². The summed E-state index contributed by atoms with van der Waals surface area (Å²) in [7, 11) is 3.18. The Morgan fingerprint density at radius 2 is 2.00 bits per heavy atom. The van der Waals surface area contributed by atoms with Crippen molar-refractivity contribution < 1.29 is 14.3 Å². The molecular weight excluding hydrogens is 318 g/mol. The Balaban J connectivity index is 1.82. The molecule has 0 unspecified atom stereocenters. The first-order valence-corrected chi connectivity index (χ1v) is 8.54. The first kappa shape index (κ1) is 17.2. The highest BCUT2D eigenvalue weighted by Crippen LogP contribution is 2.33. The van der Waals surface area contributed by atoms with E-state index >= 15 is 0 Å². The molecule has 0 bridgehead atoms. The van der Waals surface area contributed by atoms with E-state index in [0.717, 1.165) is 13.0 Å². The third-order valence-electron chi connectivity index (χ3n) is 4.81. The first-order chi connectivity index (χ1) is 12.1. The molecule has 0 fully saturated rings. The molecular formula is C19H25N3O3. The summed E-state index contributed by atoms with van der Waals surface area (Å²) in [6.07, 6.45) is 0.872. The minimum Gasteiger partial charge on any atom is -0.497 e. The number of aromatic nitrogens is 1. The van der Waals surface area contributed by atoms with E-state index in [0.29, 0.717) is 23.7 Å². The predicted octanol–water partition coefficient (Wildman–Crippen LogP) is 3.81. The number of anilines is 1. The van der Waals surface area contributed by atoms with Gasteiger partial charge in [-0.3, -0.25) is 0 Å². The molecule has 3 rings (SSSR count). The Bertz CT molecular complexity index is 769. The van der Waals surface area contributed by atoms with Gasteiger partial charge in [0.1, 0.15) is 11.5 Å². The van der Waals surface area contributed by atoms with E-state index in [-0.39, 0.29) is 12.1 Å². The van der Waals surface area contributed by atoms with E-state index in [9.17, 15) is 4.79 Å². The number of carbonyl (C=O) groups is 1. The summed E-state index contributed by atoms with van der Waals surface area (Å²) < 4.78 is 12.9. The average Bonchev–Trinajstić information content (AvgIpc) is 3.02. The highest BCUT2D eigenvalue weighted by atomic mass is 16.5. The zero-order valence-corrected chi connectivity index (χ0v) is 15.2. The number of hydrogen-bond donors (Lipinski definition) is 1. The number of nitrogens with zero attached hydrogens (tertiary/aromatic N) is 2. The minimum atomic E-state index is -0.111. The number of rotatable bonds is 4. The fraction of sp³-hybridized carbons (Fsp3) is 0.421. The smallest absolute Gasteiger partial charge is 0.322 e. The third kappa shape index (κ3) is 3.16. The molecule has 1 aromatic heterocycles. The van der Waals surface area contributed by atoms with Crippen LogP contribution in [0.2, 0.25) is 0 Å². The molecule has 0 aliphatic carbocycles. The van der Waals surface area contributed by atoms with Gasteiger partial charge in [-0.15, -0.1) is 0 Å². The summed E-state index contributed by atoms with van der Waals surface area (Å²) in [5.41, 5.74) is 3.08. The highest BCUT2D eigenvalue weighted by molar-refractivity contribution is 5.91. The van der Waals surface area contributed by atoms with E-state index in [1.165, 1.54) is 11.4 Å². The van der Waals surface area contributed by atoms with Crippen LogP contribution in [0.1, 0.15) is 30.8 Å². The van der Waals surface area contributed by atoms with Crippen LogP contribution >= 0.6 is 0 Å². The summed E-state index contributed by atoms with van der Waals surface area (Å²) in [6, 6.07) is 9.57. The Morgan fingerprint density at radius 1 is 1.20 bits per heavy atom. The maximum absolute atomic E-state index is 12.9. The van der Waals surface area contributed by atoms with Gasteiger partial charge in [-0.2, -0.15) is 0 Å². The van der Waals surface area contributed by atoms with Gasteiger partial charge >= 0.3 is 6.03 Å². The lowest BCUT2D eigenvalue weighted by molar-refractivity contribution is 0.165. The summed E-state index contributed by atoms with van der Waals surface area (Å²) in [5.74, 6) is 1.27. The Morgan fingerprint density at radius 3 is 2.68 bits per heavy atom. The Hall–Kier alpha value is -2.63. The van der Waals surface area contributed by atoms with E-state index in [4.69, 9.17) is 9.47 Å². The van der Waals surface area contributed by atoms with Crippen LogP contribution in [0.3, 0.4) is 0 Å². The second-order valence-electron chi connectivity index (χ2n) is 6.17. The molecule has 1 atom stereocenters. The predicted molar refractivity (Wildman–Crippen MR) is 97.5 cm³/mol. The topological polar surface area (TPSA) is 55.7 Å². The highest BCUT2D eigenvalue weighted by Gasteiger charge is 2.30. The molecule has 0 spiro atoms. The normalized spacial score (nSPS) is 16.3. The lowest BCUT2D eigenvalue weighted by Gasteiger charge is -2.37. The van der Waals surface area contributed by atoms with Crippen molar-refractivity contribution in [3.8, 4) is 11.5 Å². The molecule has 1 aliphatic rings. The number of amides is 2. The fourth-order valence-corrected chi connectivity index (χ4v) is 3.47. The molecule has 25 heavy (non-hydrogen) atoms. The van der Waals surface area contributed by atoms with Crippen LogP contribution in [-0.4, -0.2) is 36.3 Å². The number of ether oxygens (including phenoxy) is 2. The zero-order chi connectivity index (χ0) is 18.0. The summed E-state index contributed by atoms with van der Waals surface area (Å²) in [4.78, 5) is 14.8. The van der Waals surface area contributed by atoms with E-state index in [1.54, 1.807) is 32.4 Å². The minimum absolute atomic E-state index is 0.0756. The van der Waals surface area contributed by atoms with Crippen molar-refractivity contribution >= 4 is 11.7 Å². The van der Waals surface area contributed by atoms with Gasteiger partial charge in [0.2, 0.25) is 0 Å². The van der Waals surface area contributed by atoms with Crippen molar-refractivity contribution in [2.24, 2.45) is 0 Å². The molecule has 1 N–H and O–H groups in total. The molecule has 1 aromatic carbocycles. The summed E-state index contributed by atoms with van der Waals surface area (Å²) in [6.45, 7) is 5.72. The first-order valence-electron chi connectivity index (χ1n) is 8.54. The number of carbonyl (C=O) groups excluding carboxylic acids is 1. The van der Waals surface area contributed by atoms with Crippen molar-refractivity contribution in [3.05, 3.63) is 41.7 Å². The van der Waals surface area contributed by atoms with Crippen molar-refractivity contribution in [1.82, 2.24) is 9.47 Å². The maximum atomic E-state index is 12.9. The van der Waals surface area contributed by atoms with Gasteiger partial charge < -0.3 is 24.3 Å². The SMILES string of the molecule is CC[C@@H]1c2ccc(C)n2CCN1C(=O)Nc1ccc(OC)cc1OC. The monoisotopic (exact) mass is 343 g/mol. The number of benzene rings is 1. The second kappa shape index (κ2) is 7.09. The van der Waals surface area contributed by atoms with Crippen molar-refractivity contribution in [2.45, 2.75) is 32.9 Å². The van der Waals surface area contributed by atoms with Crippen molar-refractivity contribution in [3.63, 3.8) is 0 Å². The second-order valence-corrected chi connectivity index (χ2v) is 6.17. The molecule has 6 heteroatoms. The largest absolute Gasteiger partial charge is 0.497 e. The molecule has 6 nitrogen and oxygen atoms in total. The van der Waals surface area contributed by atoms with Crippen LogP contribution in [0.25, 0.3) is 0 Å². The number of nitrogens with one attached hydrogen (secondary N) is 1. The molecule has 0 radical (unpaired) electrons. The number of aryl methyl sites for hydroxylation is 1. The number of methoxy groups -OCH3 is 2. The number of urea groups is 1. The maximum Gasteiger partial charge on any atom is 0.322 e. The zero-order valence-electron chi connectivity index (χ0n) is 15.2.